The van der Waals surface area contributed by atoms with E-state index in [4.69, 9.17) is 12.2 Å². The summed E-state index contributed by atoms with van der Waals surface area (Å²) in [6.07, 6.45) is 5.35. The molecule has 0 unspecified atom stereocenters. The standard InChI is InChI=1S/C19H27N3OS/c1-3-22(4-2)18(23)14-7-9-16(10-8-14)20-19(24)21-17-12-13-5-6-15(17)11-13/h7-10,13,15,17H,3-6,11-12H2,1-2H3,(H2,20,21,24)/t13-,15-,17+/m1/s1. The number of nitrogens with one attached hydrogen (secondary N) is 2. The number of anilines is 1. The lowest BCUT2D eigenvalue weighted by Crippen LogP contribution is -2.40. The lowest BCUT2D eigenvalue weighted by molar-refractivity contribution is 0.0773. The lowest BCUT2D eigenvalue weighted by atomic mass is 9.96. The van der Waals surface area contributed by atoms with E-state index in [2.05, 4.69) is 10.6 Å². The predicted molar refractivity (Wildman–Crippen MR) is 102 cm³/mol. The molecular weight excluding hydrogens is 318 g/mol. The lowest BCUT2D eigenvalue weighted by Gasteiger charge is -2.24. The van der Waals surface area contributed by atoms with E-state index in [1.54, 1.807) is 0 Å². The number of fused-ring (bicyclic) bond motifs is 2. The molecule has 0 spiro atoms. The van der Waals surface area contributed by atoms with Crippen molar-refractivity contribution in [3.8, 4) is 0 Å². The molecule has 24 heavy (non-hydrogen) atoms. The van der Waals surface area contributed by atoms with Crippen LogP contribution in [0.2, 0.25) is 0 Å². The molecular formula is C19H27N3OS. The molecule has 2 bridgehead atoms. The van der Waals surface area contributed by atoms with E-state index in [9.17, 15) is 4.79 Å². The van der Waals surface area contributed by atoms with Crippen LogP contribution in [0.25, 0.3) is 0 Å². The molecule has 2 aliphatic rings. The fourth-order valence-corrected chi connectivity index (χ4v) is 4.42. The van der Waals surface area contributed by atoms with E-state index >= 15 is 0 Å². The highest BCUT2D eigenvalue weighted by Gasteiger charge is 2.39. The van der Waals surface area contributed by atoms with Crippen LogP contribution < -0.4 is 10.6 Å². The van der Waals surface area contributed by atoms with Crippen LogP contribution in [0.3, 0.4) is 0 Å². The molecule has 1 aromatic rings. The Balaban J connectivity index is 1.54. The maximum absolute atomic E-state index is 12.3. The summed E-state index contributed by atoms with van der Waals surface area (Å²) < 4.78 is 0. The zero-order chi connectivity index (χ0) is 17.1. The minimum absolute atomic E-state index is 0.0780. The molecule has 2 N–H and O–H groups in total. The summed E-state index contributed by atoms with van der Waals surface area (Å²) in [6.45, 7) is 5.45. The van der Waals surface area contributed by atoms with Gasteiger partial charge in [0.1, 0.15) is 0 Å². The molecule has 0 radical (unpaired) electrons. The van der Waals surface area contributed by atoms with Crippen LogP contribution in [0.4, 0.5) is 5.69 Å². The number of nitrogens with zero attached hydrogens (tertiary/aromatic N) is 1. The van der Waals surface area contributed by atoms with Crippen molar-refractivity contribution < 1.29 is 4.79 Å². The van der Waals surface area contributed by atoms with Gasteiger partial charge in [-0.1, -0.05) is 6.42 Å². The Hall–Kier alpha value is -1.62. The molecule has 4 nitrogen and oxygen atoms in total. The minimum Gasteiger partial charge on any atom is -0.359 e. The van der Waals surface area contributed by atoms with Gasteiger partial charge in [-0.05, 0) is 81.4 Å². The number of carbonyl (C=O) groups is 1. The summed E-state index contributed by atoms with van der Waals surface area (Å²) in [5.41, 5.74) is 1.64. The maximum atomic E-state index is 12.3. The largest absolute Gasteiger partial charge is 0.359 e. The third kappa shape index (κ3) is 3.72. The fourth-order valence-electron chi connectivity index (χ4n) is 4.15. The second kappa shape index (κ2) is 7.51. The zero-order valence-corrected chi connectivity index (χ0v) is 15.4. The minimum atomic E-state index is 0.0780. The number of benzene rings is 1. The molecule has 2 saturated carbocycles. The van der Waals surface area contributed by atoms with E-state index in [1.165, 1.54) is 25.7 Å². The summed E-state index contributed by atoms with van der Waals surface area (Å²) in [4.78, 5) is 14.1. The molecule has 0 heterocycles. The number of hydrogen-bond donors (Lipinski definition) is 2. The summed E-state index contributed by atoms with van der Waals surface area (Å²) in [7, 11) is 0. The third-order valence-electron chi connectivity index (χ3n) is 5.49. The topological polar surface area (TPSA) is 44.4 Å². The Morgan fingerprint density at radius 3 is 2.42 bits per heavy atom. The molecule has 0 saturated heterocycles. The van der Waals surface area contributed by atoms with E-state index in [1.807, 2.05) is 43.0 Å². The maximum Gasteiger partial charge on any atom is 0.253 e. The monoisotopic (exact) mass is 345 g/mol. The summed E-state index contributed by atoms with van der Waals surface area (Å²) in [5.74, 6) is 1.78. The Morgan fingerprint density at radius 2 is 1.88 bits per heavy atom. The average Bonchev–Trinajstić information content (AvgIpc) is 3.19. The summed E-state index contributed by atoms with van der Waals surface area (Å²) >= 11 is 5.45. The van der Waals surface area contributed by atoms with Gasteiger partial charge in [-0.25, -0.2) is 0 Å². The molecule has 1 aromatic carbocycles. The van der Waals surface area contributed by atoms with Crippen LogP contribution in [-0.2, 0) is 0 Å². The normalized spacial score (nSPS) is 24.7. The quantitative estimate of drug-likeness (QED) is 0.800. The average molecular weight is 346 g/mol. The van der Waals surface area contributed by atoms with Gasteiger partial charge in [-0.15, -0.1) is 0 Å². The van der Waals surface area contributed by atoms with Gasteiger partial charge in [0.2, 0.25) is 0 Å². The number of carbonyl (C=O) groups excluding carboxylic acids is 1. The van der Waals surface area contributed by atoms with Crippen molar-refractivity contribution in [1.82, 2.24) is 10.2 Å². The highest BCUT2D eigenvalue weighted by Crippen LogP contribution is 2.44. The summed E-state index contributed by atoms with van der Waals surface area (Å²) in [5, 5.41) is 7.42. The van der Waals surface area contributed by atoms with Gasteiger partial charge in [0.25, 0.3) is 5.91 Å². The zero-order valence-electron chi connectivity index (χ0n) is 14.5. The molecule has 2 aliphatic carbocycles. The predicted octanol–water partition coefficient (Wildman–Crippen LogP) is 3.64. The number of amides is 1. The molecule has 5 heteroatoms. The van der Waals surface area contributed by atoms with Crippen LogP contribution in [0, 0.1) is 11.8 Å². The van der Waals surface area contributed by atoms with Gasteiger partial charge >= 0.3 is 0 Å². The highest BCUT2D eigenvalue weighted by atomic mass is 32.1. The van der Waals surface area contributed by atoms with Crippen molar-refractivity contribution in [2.24, 2.45) is 11.8 Å². The Bertz CT molecular complexity index is 597. The van der Waals surface area contributed by atoms with Crippen molar-refractivity contribution in [2.45, 2.75) is 45.6 Å². The molecule has 1 amide bonds. The summed E-state index contributed by atoms with van der Waals surface area (Å²) in [6, 6.07) is 8.11. The Labute approximate surface area is 150 Å². The van der Waals surface area contributed by atoms with Gasteiger partial charge in [-0.3, -0.25) is 4.79 Å². The van der Waals surface area contributed by atoms with Crippen LogP contribution in [-0.4, -0.2) is 35.1 Å². The molecule has 0 aromatic heterocycles. The molecule has 130 valence electrons. The molecule has 3 atom stereocenters. The SMILES string of the molecule is CCN(CC)C(=O)c1ccc(NC(=S)N[C@H]2C[C@@H]3CC[C@@H]2C3)cc1. The first-order valence-electron chi connectivity index (χ1n) is 9.07. The van der Waals surface area contributed by atoms with Crippen LogP contribution in [0.1, 0.15) is 49.9 Å². The first kappa shape index (κ1) is 17.2. The smallest absolute Gasteiger partial charge is 0.253 e. The number of thiocarbonyl (C=S) groups is 1. The highest BCUT2D eigenvalue weighted by molar-refractivity contribution is 7.80. The van der Waals surface area contributed by atoms with Crippen molar-refractivity contribution in [3.63, 3.8) is 0 Å². The number of rotatable bonds is 5. The fraction of sp³-hybridized carbons (Fsp3) is 0.579. The first-order chi connectivity index (χ1) is 11.6. The van der Waals surface area contributed by atoms with Crippen LogP contribution >= 0.6 is 12.2 Å². The van der Waals surface area contributed by atoms with Gasteiger partial charge in [0.15, 0.2) is 5.11 Å². The second-order valence-corrected chi connectivity index (χ2v) is 7.34. The Kier molecular flexibility index (Phi) is 5.39. The van der Waals surface area contributed by atoms with Crippen molar-refractivity contribution in [2.75, 3.05) is 18.4 Å². The van der Waals surface area contributed by atoms with E-state index < -0.39 is 0 Å². The van der Waals surface area contributed by atoms with Gasteiger partial charge in [0.05, 0.1) is 0 Å². The third-order valence-corrected chi connectivity index (χ3v) is 5.71. The second-order valence-electron chi connectivity index (χ2n) is 6.93. The first-order valence-corrected chi connectivity index (χ1v) is 9.48. The van der Waals surface area contributed by atoms with E-state index in [-0.39, 0.29) is 5.91 Å². The van der Waals surface area contributed by atoms with Crippen LogP contribution in [0.5, 0.6) is 0 Å². The molecule has 2 fully saturated rings. The van der Waals surface area contributed by atoms with Crippen LogP contribution in [0.15, 0.2) is 24.3 Å². The molecule has 3 rings (SSSR count). The van der Waals surface area contributed by atoms with E-state index in [0.717, 1.165) is 36.2 Å². The van der Waals surface area contributed by atoms with Crippen molar-refractivity contribution in [1.29, 1.82) is 0 Å². The van der Waals surface area contributed by atoms with Crippen molar-refractivity contribution >= 4 is 28.9 Å². The van der Waals surface area contributed by atoms with E-state index in [0.29, 0.717) is 11.2 Å². The van der Waals surface area contributed by atoms with Crippen molar-refractivity contribution in [3.05, 3.63) is 29.8 Å². The Morgan fingerprint density at radius 1 is 1.17 bits per heavy atom. The van der Waals surface area contributed by atoms with Gasteiger partial charge in [0, 0.05) is 30.4 Å². The van der Waals surface area contributed by atoms with Gasteiger partial charge in [-0.2, -0.15) is 0 Å². The van der Waals surface area contributed by atoms with Gasteiger partial charge < -0.3 is 15.5 Å². The molecule has 0 aliphatic heterocycles. The number of hydrogen-bond acceptors (Lipinski definition) is 2.